The normalized spacial score (nSPS) is 15.4. The minimum Gasteiger partial charge on any atom is -0.397 e. The molecule has 1 aromatic carbocycles. The summed E-state index contributed by atoms with van der Waals surface area (Å²) in [6.45, 7) is 4.51. The van der Waals surface area contributed by atoms with E-state index in [1.807, 2.05) is 6.92 Å². The average molecular weight is 267 g/mol. The number of nitrogen functional groups attached to an aromatic ring is 1. The topological polar surface area (TPSA) is 67.6 Å². The number of carbonyl (C=O) groups excluding carboxylic acids is 1. The molecular weight excluding hydrogens is 249 g/mol. The van der Waals surface area contributed by atoms with E-state index in [1.54, 1.807) is 4.90 Å². The molecule has 0 aliphatic carbocycles. The van der Waals surface area contributed by atoms with Crippen LogP contribution in [0.25, 0.3) is 0 Å². The van der Waals surface area contributed by atoms with Crippen molar-refractivity contribution in [3.63, 3.8) is 0 Å². The molecule has 1 fully saturated rings. The van der Waals surface area contributed by atoms with Gasteiger partial charge in [-0.1, -0.05) is 0 Å². The van der Waals surface area contributed by atoms with Crippen molar-refractivity contribution in [2.75, 3.05) is 43.9 Å². The van der Waals surface area contributed by atoms with Gasteiger partial charge in [-0.05, 0) is 19.1 Å². The number of ether oxygens (including phenoxy) is 1. The van der Waals surface area contributed by atoms with Gasteiger partial charge < -0.3 is 20.7 Å². The Morgan fingerprint density at radius 2 is 2.16 bits per heavy atom. The van der Waals surface area contributed by atoms with Crippen molar-refractivity contribution < 1.29 is 13.9 Å². The van der Waals surface area contributed by atoms with Crippen molar-refractivity contribution in [3.8, 4) is 0 Å². The summed E-state index contributed by atoms with van der Waals surface area (Å²) in [6.07, 6.45) is 0. The summed E-state index contributed by atoms with van der Waals surface area (Å²) in [5.74, 6) is -0.907. The molecule has 0 spiro atoms. The number of morpholine rings is 1. The third-order valence-electron chi connectivity index (χ3n) is 3.04. The Morgan fingerprint density at radius 3 is 2.79 bits per heavy atom. The van der Waals surface area contributed by atoms with Gasteiger partial charge in [0.2, 0.25) is 0 Å². The third kappa shape index (κ3) is 2.96. The summed E-state index contributed by atoms with van der Waals surface area (Å²) in [7, 11) is 0. The molecule has 0 aromatic heterocycles. The predicted molar refractivity (Wildman–Crippen MR) is 71.7 cm³/mol. The molecule has 0 radical (unpaired) electrons. The lowest BCUT2D eigenvalue weighted by molar-refractivity contribution is 0.0300. The maximum atomic E-state index is 13.9. The fourth-order valence-corrected chi connectivity index (χ4v) is 2.03. The maximum Gasteiger partial charge on any atom is 0.257 e. The molecule has 0 atom stereocenters. The van der Waals surface area contributed by atoms with E-state index >= 15 is 0 Å². The summed E-state index contributed by atoms with van der Waals surface area (Å²) < 4.78 is 19.1. The second-order valence-corrected chi connectivity index (χ2v) is 4.35. The van der Waals surface area contributed by atoms with Crippen LogP contribution in [0.3, 0.4) is 0 Å². The molecule has 1 aromatic rings. The molecule has 1 amide bonds. The number of carbonyl (C=O) groups is 1. The Kier molecular flexibility index (Phi) is 4.21. The first-order valence-corrected chi connectivity index (χ1v) is 6.33. The van der Waals surface area contributed by atoms with Crippen LogP contribution in [0.1, 0.15) is 17.3 Å². The molecule has 0 bridgehead atoms. The van der Waals surface area contributed by atoms with Crippen LogP contribution in [0.4, 0.5) is 15.8 Å². The Balaban J connectivity index is 2.27. The summed E-state index contributed by atoms with van der Waals surface area (Å²) >= 11 is 0. The zero-order chi connectivity index (χ0) is 13.8. The molecular formula is C13H18FN3O2. The molecule has 0 unspecified atom stereocenters. The molecule has 6 heteroatoms. The second kappa shape index (κ2) is 5.88. The van der Waals surface area contributed by atoms with E-state index in [2.05, 4.69) is 5.32 Å². The first kappa shape index (κ1) is 13.6. The number of anilines is 2. The van der Waals surface area contributed by atoms with E-state index in [9.17, 15) is 9.18 Å². The van der Waals surface area contributed by atoms with Gasteiger partial charge in [0.1, 0.15) is 5.82 Å². The first-order chi connectivity index (χ1) is 9.13. The van der Waals surface area contributed by atoms with Gasteiger partial charge in [0, 0.05) is 19.6 Å². The number of hydrogen-bond donors (Lipinski definition) is 2. The van der Waals surface area contributed by atoms with Gasteiger partial charge in [0.05, 0.1) is 30.2 Å². The van der Waals surface area contributed by atoms with Crippen molar-refractivity contribution in [1.82, 2.24) is 4.90 Å². The van der Waals surface area contributed by atoms with Crippen molar-refractivity contribution in [2.45, 2.75) is 6.92 Å². The van der Waals surface area contributed by atoms with Gasteiger partial charge >= 0.3 is 0 Å². The van der Waals surface area contributed by atoms with Crippen LogP contribution >= 0.6 is 0 Å². The zero-order valence-corrected chi connectivity index (χ0v) is 10.9. The summed E-state index contributed by atoms with van der Waals surface area (Å²) in [6, 6.07) is 2.66. The zero-order valence-electron chi connectivity index (χ0n) is 10.9. The van der Waals surface area contributed by atoms with Gasteiger partial charge in [-0.15, -0.1) is 0 Å². The lowest BCUT2D eigenvalue weighted by Gasteiger charge is -2.27. The molecule has 1 saturated heterocycles. The number of nitrogens with one attached hydrogen (secondary N) is 1. The molecule has 3 N–H and O–H groups in total. The fourth-order valence-electron chi connectivity index (χ4n) is 2.03. The van der Waals surface area contributed by atoms with E-state index in [0.29, 0.717) is 44.2 Å². The monoisotopic (exact) mass is 267 g/mol. The highest BCUT2D eigenvalue weighted by atomic mass is 19.1. The minimum absolute atomic E-state index is 0.0482. The SMILES string of the molecule is CCNc1cc(C(=O)N2CCOCC2)c(F)cc1N. The highest BCUT2D eigenvalue weighted by Crippen LogP contribution is 2.24. The van der Waals surface area contributed by atoms with E-state index in [1.165, 1.54) is 12.1 Å². The molecule has 104 valence electrons. The van der Waals surface area contributed by atoms with Crippen molar-refractivity contribution >= 4 is 17.3 Å². The van der Waals surface area contributed by atoms with Crippen LogP contribution in [0, 0.1) is 5.82 Å². The number of nitrogens with two attached hydrogens (primary N) is 1. The molecule has 1 heterocycles. The van der Waals surface area contributed by atoms with Crippen LogP contribution in [-0.4, -0.2) is 43.7 Å². The summed E-state index contributed by atoms with van der Waals surface area (Å²) in [5, 5.41) is 3.01. The fraction of sp³-hybridized carbons (Fsp3) is 0.462. The molecule has 2 rings (SSSR count). The van der Waals surface area contributed by atoms with Crippen LogP contribution < -0.4 is 11.1 Å². The average Bonchev–Trinajstić information content (AvgIpc) is 2.42. The van der Waals surface area contributed by atoms with Gasteiger partial charge in [0.15, 0.2) is 0 Å². The first-order valence-electron chi connectivity index (χ1n) is 6.33. The number of amides is 1. The predicted octanol–water partition coefficient (Wildman–Crippen LogP) is 1.31. The number of rotatable bonds is 3. The molecule has 5 nitrogen and oxygen atoms in total. The maximum absolute atomic E-state index is 13.9. The molecule has 1 aliphatic heterocycles. The summed E-state index contributed by atoms with van der Waals surface area (Å²) in [4.78, 5) is 13.8. The van der Waals surface area contributed by atoms with Gasteiger partial charge in [-0.3, -0.25) is 4.79 Å². The van der Waals surface area contributed by atoms with Gasteiger partial charge in [0.25, 0.3) is 5.91 Å². The lowest BCUT2D eigenvalue weighted by atomic mass is 10.1. The van der Waals surface area contributed by atoms with Crippen LogP contribution in [0.15, 0.2) is 12.1 Å². The van der Waals surface area contributed by atoms with E-state index in [4.69, 9.17) is 10.5 Å². The molecule has 0 saturated carbocycles. The van der Waals surface area contributed by atoms with E-state index in [-0.39, 0.29) is 11.5 Å². The smallest absolute Gasteiger partial charge is 0.257 e. The molecule has 1 aliphatic rings. The van der Waals surface area contributed by atoms with Crippen molar-refractivity contribution in [3.05, 3.63) is 23.5 Å². The van der Waals surface area contributed by atoms with Crippen LogP contribution in [0.2, 0.25) is 0 Å². The van der Waals surface area contributed by atoms with Crippen LogP contribution in [-0.2, 0) is 4.74 Å². The largest absolute Gasteiger partial charge is 0.397 e. The van der Waals surface area contributed by atoms with Gasteiger partial charge in [-0.2, -0.15) is 0 Å². The lowest BCUT2D eigenvalue weighted by Crippen LogP contribution is -2.41. The Morgan fingerprint density at radius 1 is 1.47 bits per heavy atom. The Bertz CT molecular complexity index is 473. The van der Waals surface area contributed by atoms with E-state index in [0.717, 1.165) is 0 Å². The number of hydrogen-bond acceptors (Lipinski definition) is 4. The number of benzene rings is 1. The standard InChI is InChI=1S/C13H18FN3O2/c1-2-16-12-7-9(10(14)8-11(12)15)13(18)17-3-5-19-6-4-17/h7-8,16H,2-6,15H2,1H3. The number of halogens is 1. The van der Waals surface area contributed by atoms with Crippen LogP contribution in [0.5, 0.6) is 0 Å². The highest BCUT2D eigenvalue weighted by Gasteiger charge is 2.22. The Hall–Kier alpha value is -1.82. The summed E-state index contributed by atoms with van der Waals surface area (Å²) in [5.41, 5.74) is 6.64. The van der Waals surface area contributed by atoms with Crippen molar-refractivity contribution in [2.24, 2.45) is 0 Å². The second-order valence-electron chi connectivity index (χ2n) is 4.35. The minimum atomic E-state index is -0.587. The number of nitrogens with zero attached hydrogens (tertiary/aromatic N) is 1. The van der Waals surface area contributed by atoms with Crippen molar-refractivity contribution in [1.29, 1.82) is 0 Å². The van der Waals surface area contributed by atoms with Gasteiger partial charge in [-0.25, -0.2) is 4.39 Å². The third-order valence-corrected chi connectivity index (χ3v) is 3.04. The van der Waals surface area contributed by atoms with E-state index < -0.39 is 5.82 Å². The Labute approximate surface area is 111 Å². The highest BCUT2D eigenvalue weighted by molar-refractivity contribution is 5.96. The quantitative estimate of drug-likeness (QED) is 0.810. The molecule has 19 heavy (non-hydrogen) atoms.